The Balaban J connectivity index is 1.92. The van der Waals surface area contributed by atoms with Gasteiger partial charge in [0.1, 0.15) is 11.5 Å². The van der Waals surface area contributed by atoms with Gasteiger partial charge >= 0.3 is 0 Å². The lowest BCUT2D eigenvalue weighted by molar-refractivity contribution is 0.0994. The monoisotopic (exact) mass is 392 g/mol. The fourth-order valence-corrected chi connectivity index (χ4v) is 4.55. The summed E-state index contributed by atoms with van der Waals surface area (Å²) in [4.78, 5) is 18.1. The zero-order valence-electron chi connectivity index (χ0n) is 15.9. The van der Waals surface area contributed by atoms with Gasteiger partial charge in [0, 0.05) is 11.9 Å². The molecule has 1 amide bonds. The zero-order chi connectivity index (χ0) is 19.7. The smallest absolute Gasteiger partial charge is 0.283 e. The molecule has 0 radical (unpaired) electrons. The molecule has 0 atom stereocenters. The van der Waals surface area contributed by atoms with Crippen molar-refractivity contribution in [2.24, 2.45) is 4.99 Å². The number of fused-ring (bicyclic) bond motifs is 3. The zero-order valence-corrected chi connectivity index (χ0v) is 16.7. The van der Waals surface area contributed by atoms with Crippen LogP contribution in [0.1, 0.15) is 17.3 Å². The van der Waals surface area contributed by atoms with Crippen molar-refractivity contribution >= 4 is 38.2 Å². The van der Waals surface area contributed by atoms with Crippen LogP contribution in [0.3, 0.4) is 0 Å². The molecule has 0 aliphatic heterocycles. The number of aromatic nitrogens is 1. The number of hydrogen-bond acceptors (Lipinski definition) is 4. The predicted molar refractivity (Wildman–Crippen MR) is 112 cm³/mol. The molecule has 142 valence electrons. The van der Waals surface area contributed by atoms with Crippen LogP contribution in [0.2, 0.25) is 0 Å². The molecule has 1 aromatic heterocycles. The molecular formula is C22H20N2O3S. The van der Waals surface area contributed by atoms with Gasteiger partial charge in [0.25, 0.3) is 5.91 Å². The molecule has 0 saturated carbocycles. The Morgan fingerprint density at radius 3 is 2.64 bits per heavy atom. The summed E-state index contributed by atoms with van der Waals surface area (Å²) in [5, 5.41) is 2.34. The highest BCUT2D eigenvalue weighted by Crippen LogP contribution is 2.28. The number of aryl methyl sites for hydroxylation is 1. The summed E-state index contributed by atoms with van der Waals surface area (Å²) in [6, 6.07) is 17.6. The van der Waals surface area contributed by atoms with E-state index in [2.05, 4.69) is 40.7 Å². The van der Waals surface area contributed by atoms with Crippen LogP contribution in [0.5, 0.6) is 11.5 Å². The summed E-state index contributed by atoms with van der Waals surface area (Å²) in [7, 11) is 3.10. The Morgan fingerprint density at radius 1 is 1.07 bits per heavy atom. The normalized spacial score (nSPS) is 11.9. The SMILES string of the molecule is CCn1c(=NC(=O)c2cc(OC)ccc2OC)sc2c3ccccc3ccc21. The molecule has 0 spiro atoms. The highest BCUT2D eigenvalue weighted by atomic mass is 32.1. The molecule has 0 N–H and O–H groups in total. The van der Waals surface area contributed by atoms with Gasteiger partial charge in [-0.15, -0.1) is 0 Å². The van der Waals surface area contributed by atoms with Crippen LogP contribution < -0.4 is 14.3 Å². The second-order valence-electron chi connectivity index (χ2n) is 6.25. The van der Waals surface area contributed by atoms with Crippen LogP contribution in [-0.4, -0.2) is 24.7 Å². The molecule has 4 aromatic rings. The molecular weight excluding hydrogens is 372 g/mol. The number of benzene rings is 3. The van der Waals surface area contributed by atoms with Crippen molar-refractivity contribution in [2.45, 2.75) is 13.5 Å². The number of hydrogen-bond donors (Lipinski definition) is 0. The summed E-state index contributed by atoms with van der Waals surface area (Å²) in [6.07, 6.45) is 0. The van der Waals surface area contributed by atoms with Gasteiger partial charge in [-0.2, -0.15) is 4.99 Å². The fourth-order valence-electron chi connectivity index (χ4n) is 3.32. The van der Waals surface area contributed by atoms with Crippen LogP contribution in [0, 0.1) is 0 Å². The Labute approximate surface area is 166 Å². The molecule has 6 heteroatoms. The molecule has 0 aliphatic rings. The Morgan fingerprint density at radius 2 is 1.89 bits per heavy atom. The van der Waals surface area contributed by atoms with Gasteiger partial charge in [0.15, 0.2) is 4.80 Å². The van der Waals surface area contributed by atoms with Crippen molar-refractivity contribution in [1.82, 2.24) is 4.57 Å². The molecule has 0 bridgehead atoms. The number of nitrogens with zero attached hydrogens (tertiary/aromatic N) is 2. The summed E-state index contributed by atoms with van der Waals surface area (Å²) in [5.74, 6) is 0.711. The molecule has 5 nitrogen and oxygen atoms in total. The third-order valence-electron chi connectivity index (χ3n) is 4.72. The third-order valence-corrected chi connectivity index (χ3v) is 5.85. The second kappa shape index (κ2) is 7.48. The molecule has 0 unspecified atom stereocenters. The minimum absolute atomic E-state index is 0.353. The van der Waals surface area contributed by atoms with E-state index in [9.17, 15) is 4.79 Å². The molecule has 0 aliphatic carbocycles. The lowest BCUT2D eigenvalue weighted by Gasteiger charge is -2.07. The number of rotatable bonds is 4. The lowest BCUT2D eigenvalue weighted by atomic mass is 10.1. The average Bonchev–Trinajstić information content (AvgIpc) is 3.10. The number of amides is 1. The topological polar surface area (TPSA) is 52.8 Å². The molecule has 0 fully saturated rings. The van der Waals surface area contributed by atoms with Gasteiger partial charge in [0.2, 0.25) is 0 Å². The first-order chi connectivity index (χ1) is 13.7. The van der Waals surface area contributed by atoms with Gasteiger partial charge < -0.3 is 14.0 Å². The average molecular weight is 392 g/mol. The van der Waals surface area contributed by atoms with E-state index in [0.717, 1.165) is 16.8 Å². The van der Waals surface area contributed by atoms with Crippen molar-refractivity contribution in [3.05, 3.63) is 65.0 Å². The fraction of sp³-hybridized carbons (Fsp3) is 0.182. The van der Waals surface area contributed by atoms with E-state index >= 15 is 0 Å². The minimum Gasteiger partial charge on any atom is -0.497 e. The van der Waals surface area contributed by atoms with E-state index in [1.165, 1.54) is 29.2 Å². The quantitative estimate of drug-likeness (QED) is 0.509. The van der Waals surface area contributed by atoms with E-state index < -0.39 is 0 Å². The number of carbonyl (C=O) groups excluding carboxylic acids is 1. The first-order valence-corrected chi connectivity index (χ1v) is 9.80. The number of ether oxygens (including phenoxy) is 2. The summed E-state index contributed by atoms with van der Waals surface area (Å²) >= 11 is 1.53. The maximum absolute atomic E-state index is 13.0. The van der Waals surface area contributed by atoms with E-state index in [1.54, 1.807) is 25.3 Å². The van der Waals surface area contributed by atoms with E-state index in [-0.39, 0.29) is 5.91 Å². The Kier molecular flexibility index (Phi) is 4.88. The summed E-state index contributed by atoms with van der Waals surface area (Å²) < 4.78 is 13.8. The van der Waals surface area contributed by atoms with E-state index in [4.69, 9.17) is 9.47 Å². The minimum atomic E-state index is -0.353. The largest absolute Gasteiger partial charge is 0.497 e. The van der Waals surface area contributed by atoms with Crippen LogP contribution in [0.25, 0.3) is 21.0 Å². The molecule has 4 rings (SSSR count). The van der Waals surface area contributed by atoms with Crippen molar-refractivity contribution in [1.29, 1.82) is 0 Å². The van der Waals surface area contributed by atoms with Gasteiger partial charge in [-0.25, -0.2) is 0 Å². The van der Waals surface area contributed by atoms with Crippen molar-refractivity contribution in [3.63, 3.8) is 0 Å². The van der Waals surface area contributed by atoms with Crippen molar-refractivity contribution in [2.75, 3.05) is 14.2 Å². The maximum Gasteiger partial charge on any atom is 0.283 e. The molecule has 1 heterocycles. The predicted octanol–water partition coefficient (Wildman–Crippen LogP) is 4.63. The number of carbonyl (C=O) groups is 1. The lowest BCUT2D eigenvalue weighted by Crippen LogP contribution is -2.16. The van der Waals surface area contributed by atoms with Gasteiger partial charge in [-0.3, -0.25) is 4.79 Å². The highest BCUT2D eigenvalue weighted by Gasteiger charge is 2.15. The first kappa shape index (κ1) is 18.3. The van der Waals surface area contributed by atoms with Gasteiger partial charge in [0.05, 0.1) is 30.0 Å². The second-order valence-corrected chi connectivity index (χ2v) is 7.22. The standard InChI is InChI=1S/C22H20N2O3S/c1-4-24-18-11-9-14-7-5-6-8-16(14)20(18)28-22(24)23-21(25)17-13-15(26-2)10-12-19(17)27-3/h5-13H,4H2,1-3H3. The van der Waals surface area contributed by atoms with Crippen molar-refractivity contribution < 1.29 is 14.3 Å². The van der Waals surface area contributed by atoms with Crippen molar-refractivity contribution in [3.8, 4) is 11.5 Å². The highest BCUT2D eigenvalue weighted by molar-refractivity contribution is 7.17. The third kappa shape index (κ3) is 3.05. The summed E-state index contributed by atoms with van der Waals surface area (Å²) in [5.41, 5.74) is 1.46. The van der Waals surface area contributed by atoms with Crippen LogP contribution in [0.15, 0.2) is 59.6 Å². The van der Waals surface area contributed by atoms with Gasteiger partial charge in [-0.1, -0.05) is 41.7 Å². The summed E-state index contributed by atoms with van der Waals surface area (Å²) in [6.45, 7) is 2.77. The maximum atomic E-state index is 13.0. The van der Waals surface area contributed by atoms with Crippen LogP contribution >= 0.6 is 11.3 Å². The Hall–Kier alpha value is -3.12. The van der Waals surface area contributed by atoms with Crippen LogP contribution in [0.4, 0.5) is 0 Å². The van der Waals surface area contributed by atoms with Gasteiger partial charge in [-0.05, 0) is 36.6 Å². The molecule has 0 saturated heterocycles. The van der Waals surface area contributed by atoms with Crippen LogP contribution in [-0.2, 0) is 6.54 Å². The molecule has 3 aromatic carbocycles. The number of methoxy groups -OCH3 is 2. The van der Waals surface area contributed by atoms with E-state index in [0.29, 0.717) is 21.9 Å². The van der Waals surface area contributed by atoms with E-state index in [1.807, 2.05) is 12.1 Å². The first-order valence-electron chi connectivity index (χ1n) is 8.98. The number of thiazole rings is 1. The molecule has 28 heavy (non-hydrogen) atoms. The Bertz CT molecular complexity index is 1250.